The van der Waals surface area contributed by atoms with Crippen molar-refractivity contribution in [1.29, 1.82) is 5.26 Å². The number of ether oxygens (including phenoxy) is 1. The highest BCUT2D eigenvalue weighted by Gasteiger charge is 2.27. The lowest BCUT2D eigenvalue weighted by Crippen LogP contribution is -2.20. The molecule has 0 radical (unpaired) electrons. The van der Waals surface area contributed by atoms with Crippen molar-refractivity contribution in [3.05, 3.63) is 34.7 Å². The summed E-state index contributed by atoms with van der Waals surface area (Å²) >= 11 is 0. The smallest absolute Gasteiger partial charge is 0.216 e. The molecule has 2 aromatic heterocycles. The van der Waals surface area contributed by atoms with Gasteiger partial charge in [-0.1, -0.05) is 0 Å². The van der Waals surface area contributed by atoms with Crippen LogP contribution in [-0.2, 0) is 24.2 Å². The molecule has 2 aliphatic rings. The summed E-state index contributed by atoms with van der Waals surface area (Å²) < 4.78 is 10.9. The minimum absolute atomic E-state index is 0.325. The second kappa shape index (κ2) is 6.81. The van der Waals surface area contributed by atoms with Crippen LogP contribution in [0.2, 0.25) is 0 Å². The molecule has 0 unspecified atom stereocenters. The van der Waals surface area contributed by atoms with Crippen molar-refractivity contribution >= 4 is 5.82 Å². The number of fused-ring (bicyclic) bond motifs is 1. The summed E-state index contributed by atoms with van der Waals surface area (Å²) in [5.74, 6) is 2.56. The molecule has 2 aromatic rings. The van der Waals surface area contributed by atoms with E-state index < -0.39 is 0 Å². The standard InChI is InChI=1S/C18H21N5O2/c1-11-22-23-17(25-11)7-12-2-3-15(6-12)20-18-13(9-19)8-14-10-24-5-4-16(14)21-18/h8,12,15H,2-7,10H2,1H3,(H,20,21)/t12-,15+/m1/s1. The topological polar surface area (TPSA) is 96.9 Å². The minimum Gasteiger partial charge on any atom is -0.426 e. The van der Waals surface area contributed by atoms with Crippen LogP contribution in [-0.4, -0.2) is 27.8 Å². The van der Waals surface area contributed by atoms with Gasteiger partial charge in [0.2, 0.25) is 11.8 Å². The lowest BCUT2D eigenvalue weighted by atomic mass is 10.0. The lowest BCUT2D eigenvalue weighted by molar-refractivity contribution is 0.109. The van der Waals surface area contributed by atoms with E-state index in [-0.39, 0.29) is 0 Å². The van der Waals surface area contributed by atoms with E-state index in [2.05, 4.69) is 21.6 Å². The molecule has 130 valence electrons. The zero-order valence-corrected chi connectivity index (χ0v) is 14.3. The molecule has 1 saturated carbocycles. The quantitative estimate of drug-likeness (QED) is 0.914. The summed E-state index contributed by atoms with van der Waals surface area (Å²) in [6.07, 6.45) is 4.82. The number of aryl methyl sites for hydroxylation is 1. The van der Waals surface area contributed by atoms with Crippen LogP contribution in [0.15, 0.2) is 10.5 Å². The maximum absolute atomic E-state index is 9.44. The fraction of sp³-hybridized carbons (Fsp3) is 0.556. The van der Waals surface area contributed by atoms with Crippen molar-refractivity contribution in [2.45, 2.75) is 51.7 Å². The summed E-state index contributed by atoms with van der Waals surface area (Å²) in [7, 11) is 0. The molecule has 1 N–H and O–H groups in total. The lowest BCUT2D eigenvalue weighted by Gasteiger charge is -2.20. The van der Waals surface area contributed by atoms with Gasteiger partial charge in [0.1, 0.15) is 11.9 Å². The summed E-state index contributed by atoms with van der Waals surface area (Å²) in [6, 6.07) is 4.50. The van der Waals surface area contributed by atoms with E-state index in [0.29, 0.717) is 48.3 Å². The van der Waals surface area contributed by atoms with E-state index in [4.69, 9.17) is 14.1 Å². The number of aromatic nitrogens is 3. The van der Waals surface area contributed by atoms with Gasteiger partial charge in [0.25, 0.3) is 0 Å². The van der Waals surface area contributed by atoms with Gasteiger partial charge in [-0.25, -0.2) is 4.98 Å². The Hall–Kier alpha value is -2.46. The van der Waals surface area contributed by atoms with Crippen LogP contribution in [0.3, 0.4) is 0 Å². The predicted molar refractivity (Wildman–Crippen MR) is 89.8 cm³/mol. The van der Waals surface area contributed by atoms with E-state index in [1.165, 1.54) is 0 Å². The normalized spacial score (nSPS) is 22.4. The van der Waals surface area contributed by atoms with Crippen LogP contribution in [0.4, 0.5) is 5.82 Å². The zero-order chi connectivity index (χ0) is 17.2. The van der Waals surface area contributed by atoms with Crippen molar-refractivity contribution in [2.75, 3.05) is 11.9 Å². The predicted octanol–water partition coefficient (Wildman–Crippen LogP) is 2.54. The van der Waals surface area contributed by atoms with E-state index in [1.54, 1.807) is 0 Å². The Morgan fingerprint density at radius 1 is 1.36 bits per heavy atom. The second-order valence-electron chi connectivity index (χ2n) is 6.84. The number of rotatable bonds is 4. The Morgan fingerprint density at radius 2 is 2.28 bits per heavy atom. The van der Waals surface area contributed by atoms with Crippen molar-refractivity contribution in [3.8, 4) is 6.07 Å². The number of anilines is 1. The third-order valence-corrected chi connectivity index (χ3v) is 4.97. The van der Waals surface area contributed by atoms with E-state index in [1.807, 2.05) is 13.0 Å². The van der Waals surface area contributed by atoms with Crippen LogP contribution in [0.5, 0.6) is 0 Å². The van der Waals surface area contributed by atoms with Crippen LogP contribution in [0.25, 0.3) is 0 Å². The molecular formula is C18H21N5O2. The van der Waals surface area contributed by atoms with Gasteiger partial charge < -0.3 is 14.5 Å². The second-order valence-corrected chi connectivity index (χ2v) is 6.84. The minimum atomic E-state index is 0.325. The molecule has 4 rings (SSSR count). The van der Waals surface area contributed by atoms with Crippen molar-refractivity contribution in [2.24, 2.45) is 5.92 Å². The number of hydrogen-bond acceptors (Lipinski definition) is 7. The maximum atomic E-state index is 9.44. The fourth-order valence-corrected chi connectivity index (χ4v) is 3.73. The zero-order valence-electron chi connectivity index (χ0n) is 14.3. The number of nitrogens with one attached hydrogen (secondary N) is 1. The average Bonchev–Trinajstić information content (AvgIpc) is 3.23. The SMILES string of the molecule is Cc1nnc(C[C@@H]2CC[C@H](Nc3nc4c(cc3C#N)COCC4)C2)o1. The van der Waals surface area contributed by atoms with Gasteiger partial charge in [0.05, 0.1) is 24.5 Å². The highest BCUT2D eigenvalue weighted by Crippen LogP contribution is 2.31. The maximum Gasteiger partial charge on any atom is 0.216 e. The number of hydrogen-bond donors (Lipinski definition) is 1. The first kappa shape index (κ1) is 16.0. The molecule has 1 aliphatic heterocycles. The van der Waals surface area contributed by atoms with Crippen LogP contribution in [0.1, 0.15) is 47.9 Å². The Labute approximate surface area is 146 Å². The van der Waals surface area contributed by atoms with Gasteiger partial charge in [-0.15, -0.1) is 10.2 Å². The van der Waals surface area contributed by atoms with Crippen molar-refractivity contribution < 1.29 is 9.15 Å². The summed E-state index contributed by atoms with van der Waals surface area (Å²) in [6.45, 7) is 3.05. The molecule has 25 heavy (non-hydrogen) atoms. The Kier molecular flexibility index (Phi) is 4.36. The van der Waals surface area contributed by atoms with Gasteiger partial charge in [0, 0.05) is 31.4 Å². The van der Waals surface area contributed by atoms with E-state index in [9.17, 15) is 5.26 Å². The molecule has 1 fully saturated rings. The molecule has 0 bridgehead atoms. The first-order valence-corrected chi connectivity index (χ1v) is 8.77. The fourth-order valence-electron chi connectivity index (χ4n) is 3.73. The molecule has 0 aromatic carbocycles. The number of pyridine rings is 1. The van der Waals surface area contributed by atoms with Gasteiger partial charge in [-0.3, -0.25) is 0 Å². The molecule has 0 spiro atoms. The van der Waals surface area contributed by atoms with E-state index >= 15 is 0 Å². The van der Waals surface area contributed by atoms with Crippen molar-refractivity contribution in [3.63, 3.8) is 0 Å². The third kappa shape index (κ3) is 3.49. The number of nitriles is 1. The highest BCUT2D eigenvalue weighted by atomic mass is 16.5. The molecule has 1 aliphatic carbocycles. The first-order chi connectivity index (χ1) is 12.2. The molecular weight excluding hydrogens is 318 g/mol. The molecule has 0 amide bonds. The molecule has 7 heteroatoms. The average molecular weight is 339 g/mol. The van der Waals surface area contributed by atoms with Crippen LogP contribution >= 0.6 is 0 Å². The van der Waals surface area contributed by atoms with E-state index in [0.717, 1.165) is 43.4 Å². The van der Waals surface area contributed by atoms with Crippen LogP contribution in [0, 0.1) is 24.2 Å². The Morgan fingerprint density at radius 3 is 3.08 bits per heavy atom. The van der Waals surface area contributed by atoms with Gasteiger partial charge in [-0.05, 0) is 31.2 Å². The molecule has 7 nitrogen and oxygen atoms in total. The van der Waals surface area contributed by atoms with Gasteiger partial charge >= 0.3 is 0 Å². The summed E-state index contributed by atoms with van der Waals surface area (Å²) in [4.78, 5) is 4.71. The van der Waals surface area contributed by atoms with Crippen LogP contribution < -0.4 is 5.32 Å². The van der Waals surface area contributed by atoms with Crippen molar-refractivity contribution in [1.82, 2.24) is 15.2 Å². The number of nitrogens with zero attached hydrogens (tertiary/aromatic N) is 4. The molecule has 3 heterocycles. The largest absolute Gasteiger partial charge is 0.426 e. The highest BCUT2D eigenvalue weighted by molar-refractivity contribution is 5.55. The molecule has 2 atom stereocenters. The van der Waals surface area contributed by atoms with Gasteiger partial charge in [0.15, 0.2) is 0 Å². The summed E-state index contributed by atoms with van der Waals surface area (Å²) in [5.41, 5.74) is 2.67. The monoisotopic (exact) mass is 339 g/mol. The molecule has 0 saturated heterocycles. The Balaban J connectivity index is 1.43. The Bertz CT molecular complexity index is 810. The summed E-state index contributed by atoms with van der Waals surface area (Å²) in [5, 5.41) is 20.9. The first-order valence-electron chi connectivity index (χ1n) is 8.77. The third-order valence-electron chi connectivity index (χ3n) is 4.97. The van der Waals surface area contributed by atoms with Gasteiger partial charge in [-0.2, -0.15) is 5.26 Å².